The summed E-state index contributed by atoms with van der Waals surface area (Å²) in [6, 6.07) is 12.0. The van der Waals surface area contributed by atoms with Gasteiger partial charge in [-0.25, -0.2) is 0 Å². The highest BCUT2D eigenvalue weighted by molar-refractivity contribution is 7.59. The molecular formula is C8H14OS. The van der Waals surface area contributed by atoms with Crippen molar-refractivity contribution >= 4 is 13.5 Å². The molecule has 0 amide bonds. The lowest BCUT2D eigenvalue weighted by molar-refractivity contribution is 0.318. The average molecular weight is 158 g/mol. The SMILES string of the molecule is CCO.S.c1ccccc1. The lowest BCUT2D eigenvalue weighted by Crippen LogP contribution is -1.57. The fourth-order valence-corrected chi connectivity index (χ4v) is 0.385. The zero-order valence-corrected chi connectivity index (χ0v) is 7.12. The highest BCUT2D eigenvalue weighted by Crippen LogP contribution is 1.79. The molecule has 0 radical (unpaired) electrons. The third-order valence-corrected chi connectivity index (χ3v) is 0.667. The summed E-state index contributed by atoms with van der Waals surface area (Å²) in [6.07, 6.45) is 0. The highest BCUT2D eigenvalue weighted by Gasteiger charge is 1.57. The lowest BCUT2D eigenvalue weighted by atomic mass is 10.4. The quantitative estimate of drug-likeness (QED) is 0.610. The second-order valence-corrected chi connectivity index (χ2v) is 1.47. The van der Waals surface area contributed by atoms with Crippen LogP contribution >= 0.6 is 13.5 Å². The summed E-state index contributed by atoms with van der Waals surface area (Å²) in [4.78, 5) is 0. The Balaban J connectivity index is 0. The molecule has 0 fully saturated rings. The Morgan fingerprint density at radius 2 is 1.00 bits per heavy atom. The number of benzene rings is 1. The monoisotopic (exact) mass is 158 g/mol. The van der Waals surface area contributed by atoms with Crippen molar-refractivity contribution in [2.45, 2.75) is 6.92 Å². The van der Waals surface area contributed by atoms with E-state index in [-0.39, 0.29) is 20.1 Å². The second kappa shape index (κ2) is 11.3. The van der Waals surface area contributed by atoms with E-state index in [2.05, 4.69) is 0 Å². The van der Waals surface area contributed by atoms with Crippen LogP contribution in [0.3, 0.4) is 0 Å². The molecule has 0 aromatic heterocycles. The zero-order valence-electron chi connectivity index (χ0n) is 6.12. The lowest BCUT2D eigenvalue weighted by Gasteiger charge is -1.69. The van der Waals surface area contributed by atoms with Gasteiger partial charge in [-0.15, -0.1) is 0 Å². The van der Waals surface area contributed by atoms with E-state index in [0.29, 0.717) is 0 Å². The third-order valence-electron chi connectivity index (χ3n) is 0.667. The molecule has 0 saturated carbocycles. The van der Waals surface area contributed by atoms with Gasteiger partial charge in [-0.1, -0.05) is 36.4 Å². The molecule has 0 aliphatic heterocycles. The van der Waals surface area contributed by atoms with Crippen LogP contribution in [0.25, 0.3) is 0 Å². The average Bonchev–Trinajstić information content (AvgIpc) is 1.93. The van der Waals surface area contributed by atoms with Gasteiger partial charge in [0.25, 0.3) is 0 Å². The molecule has 0 spiro atoms. The van der Waals surface area contributed by atoms with Crippen molar-refractivity contribution in [3.63, 3.8) is 0 Å². The van der Waals surface area contributed by atoms with Crippen molar-refractivity contribution in [1.29, 1.82) is 0 Å². The summed E-state index contributed by atoms with van der Waals surface area (Å²) < 4.78 is 0. The second-order valence-electron chi connectivity index (χ2n) is 1.47. The van der Waals surface area contributed by atoms with E-state index in [1.54, 1.807) is 6.92 Å². The molecule has 1 rings (SSSR count). The van der Waals surface area contributed by atoms with Crippen molar-refractivity contribution in [2.75, 3.05) is 6.61 Å². The topological polar surface area (TPSA) is 20.2 Å². The maximum absolute atomic E-state index is 7.57. The van der Waals surface area contributed by atoms with Gasteiger partial charge in [-0.3, -0.25) is 0 Å². The van der Waals surface area contributed by atoms with Crippen molar-refractivity contribution < 1.29 is 5.11 Å². The normalized spacial score (nSPS) is 6.60. The minimum absolute atomic E-state index is 0. The van der Waals surface area contributed by atoms with Crippen LogP contribution in [0.4, 0.5) is 0 Å². The summed E-state index contributed by atoms with van der Waals surface area (Å²) in [5.74, 6) is 0. The van der Waals surface area contributed by atoms with E-state index in [1.165, 1.54) is 0 Å². The molecule has 0 atom stereocenters. The van der Waals surface area contributed by atoms with E-state index in [4.69, 9.17) is 5.11 Å². The standard InChI is InChI=1S/C6H6.C2H6O.H2S/c1-2-4-6-5-3-1;1-2-3;/h1-6H;3H,2H2,1H3;1H2. The van der Waals surface area contributed by atoms with Gasteiger partial charge in [0.1, 0.15) is 0 Å². The molecule has 1 aromatic rings. The molecule has 0 heterocycles. The van der Waals surface area contributed by atoms with Gasteiger partial charge in [0.05, 0.1) is 0 Å². The van der Waals surface area contributed by atoms with Crippen LogP contribution in [0.1, 0.15) is 6.92 Å². The smallest absolute Gasteiger partial charge is 0.0402 e. The number of hydrogen-bond acceptors (Lipinski definition) is 1. The van der Waals surface area contributed by atoms with E-state index in [9.17, 15) is 0 Å². The maximum Gasteiger partial charge on any atom is 0.0402 e. The van der Waals surface area contributed by atoms with E-state index < -0.39 is 0 Å². The minimum atomic E-state index is 0. The molecule has 1 aromatic carbocycles. The first-order valence-corrected chi connectivity index (χ1v) is 3.02. The molecular weight excluding hydrogens is 144 g/mol. The van der Waals surface area contributed by atoms with Crippen molar-refractivity contribution in [1.82, 2.24) is 0 Å². The van der Waals surface area contributed by atoms with Gasteiger partial charge in [-0.2, -0.15) is 13.5 Å². The van der Waals surface area contributed by atoms with Crippen LogP contribution in [0.15, 0.2) is 36.4 Å². The van der Waals surface area contributed by atoms with Crippen LogP contribution in [-0.4, -0.2) is 11.7 Å². The van der Waals surface area contributed by atoms with Crippen LogP contribution in [0.5, 0.6) is 0 Å². The van der Waals surface area contributed by atoms with Gasteiger partial charge in [0.15, 0.2) is 0 Å². The van der Waals surface area contributed by atoms with E-state index in [1.807, 2.05) is 36.4 Å². The van der Waals surface area contributed by atoms with Gasteiger partial charge in [0.2, 0.25) is 0 Å². The number of rotatable bonds is 0. The summed E-state index contributed by atoms with van der Waals surface area (Å²) in [7, 11) is 0. The molecule has 0 unspecified atom stereocenters. The Morgan fingerprint density at radius 1 is 0.900 bits per heavy atom. The zero-order chi connectivity index (χ0) is 6.95. The summed E-state index contributed by atoms with van der Waals surface area (Å²) in [5.41, 5.74) is 0. The highest BCUT2D eigenvalue weighted by atomic mass is 32.1. The molecule has 58 valence electrons. The van der Waals surface area contributed by atoms with Gasteiger partial charge >= 0.3 is 0 Å². The first-order valence-electron chi connectivity index (χ1n) is 3.02. The Labute approximate surface area is 69.2 Å². The Kier molecular flexibility index (Phi) is 13.9. The van der Waals surface area contributed by atoms with Crippen LogP contribution in [0.2, 0.25) is 0 Å². The van der Waals surface area contributed by atoms with Crippen LogP contribution in [-0.2, 0) is 0 Å². The molecule has 0 bridgehead atoms. The van der Waals surface area contributed by atoms with Crippen molar-refractivity contribution in [2.24, 2.45) is 0 Å². The summed E-state index contributed by atoms with van der Waals surface area (Å²) >= 11 is 0. The Morgan fingerprint density at radius 3 is 1.10 bits per heavy atom. The molecule has 1 N–H and O–H groups in total. The molecule has 0 aliphatic rings. The van der Waals surface area contributed by atoms with Crippen molar-refractivity contribution in [3.05, 3.63) is 36.4 Å². The largest absolute Gasteiger partial charge is 0.397 e. The van der Waals surface area contributed by atoms with Gasteiger partial charge < -0.3 is 5.11 Å². The minimum Gasteiger partial charge on any atom is -0.397 e. The number of hydrogen-bond donors (Lipinski definition) is 1. The Bertz CT molecular complexity index is 92.1. The van der Waals surface area contributed by atoms with Crippen molar-refractivity contribution in [3.8, 4) is 0 Å². The molecule has 10 heavy (non-hydrogen) atoms. The third kappa shape index (κ3) is 10.5. The summed E-state index contributed by atoms with van der Waals surface area (Å²) in [6.45, 7) is 1.93. The van der Waals surface area contributed by atoms with E-state index >= 15 is 0 Å². The molecule has 0 aliphatic carbocycles. The van der Waals surface area contributed by atoms with E-state index in [0.717, 1.165) is 0 Å². The fraction of sp³-hybridized carbons (Fsp3) is 0.250. The van der Waals surface area contributed by atoms with Gasteiger partial charge in [-0.05, 0) is 6.92 Å². The molecule has 0 saturated heterocycles. The first kappa shape index (κ1) is 12.2. The molecule has 1 nitrogen and oxygen atoms in total. The summed E-state index contributed by atoms with van der Waals surface area (Å²) in [5, 5.41) is 7.57. The molecule has 2 heteroatoms. The number of aliphatic hydroxyl groups is 1. The number of aliphatic hydroxyl groups excluding tert-OH is 1. The predicted molar refractivity (Wildman–Crippen MR) is 49.6 cm³/mol. The first-order chi connectivity index (χ1) is 4.41. The van der Waals surface area contributed by atoms with Crippen LogP contribution < -0.4 is 0 Å². The van der Waals surface area contributed by atoms with Crippen LogP contribution in [0, 0.1) is 0 Å². The Hall–Kier alpha value is -0.470. The predicted octanol–water partition coefficient (Wildman–Crippen LogP) is 1.80. The van der Waals surface area contributed by atoms with Gasteiger partial charge in [0, 0.05) is 6.61 Å². The fourth-order valence-electron chi connectivity index (χ4n) is 0.385. The maximum atomic E-state index is 7.57.